The summed E-state index contributed by atoms with van der Waals surface area (Å²) in [4.78, 5) is 42.3. The van der Waals surface area contributed by atoms with E-state index in [0.717, 1.165) is 10.4 Å². The molecule has 7 nitrogen and oxygen atoms in total. The normalized spacial score (nSPS) is 10.8. The van der Waals surface area contributed by atoms with Gasteiger partial charge < -0.3 is 10.6 Å². The average Bonchev–Trinajstić information content (AvgIpc) is 2.92. The van der Waals surface area contributed by atoms with Gasteiger partial charge in [-0.15, -0.1) is 11.3 Å². The van der Waals surface area contributed by atoms with Crippen LogP contribution in [0.5, 0.6) is 0 Å². The summed E-state index contributed by atoms with van der Waals surface area (Å²) in [5, 5.41) is 5.28. The van der Waals surface area contributed by atoms with Crippen LogP contribution in [0.15, 0.2) is 35.4 Å². The topological polar surface area (TPSA) is 93.1 Å². The average molecular weight is 388 g/mol. The van der Waals surface area contributed by atoms with Crippen LogP contribution in [0.25, 0.3) is 10.2 Å². The second-order valence-corrected chi connectivity index (χ2v) is 7.15. The van der Waals surface area contributed by atoms with Gasteiger partial charge in [-0.2, -0.15) is 0 Å². The van der Waals surface area contributed by atoms with Gasteiger partial charge in [-0.25, -0.2) is 9.37 Å². The summed E-state index contributed by atoms with van der Waals surface area (Å²) in [5.74, 6) is -1.66. The van der Waals surface area contributed by atoms with E-state index in [4.69, 9.17) is 0 Å². The number of benzene rings is 1. The molecule has 0 saturated carbocycles. The largest absolute Gasteiger partial charge is 0.345 e. The van der Waals surface area contributed by atoms with E-state index < -0.39 is 17.6 Å². The van der Waals surface area contributed by atoms with Gasteiger partial charge in [0.25, 0.3) is 5.56 Å². The molecule has 0 saturated heterocycles. The Morgan fingerprint density at radius 2 is 1.96 bits per heavy atom. The fraction of sp³-hybridized carbons (Fsp3) is 0.222. The van der Waals surface area contributed by atoms with Crippen LogP contribution >= 0.6 is 11.3 Å². The van der Waals surface area contributed by atoms with Crippen molar-refractivity contribution in [3.05, 3.63) is 57.2 Å². The standard InChI is InChI=1S/C18H17FN4O3S/c1-10-11(2)27-17-16(10)18(26)23(9-21-17)8-15(25)20-7-14(24)22-13-6-4-3-5-12(13)19/h3-6,9H,7-8H2,1-2H3,(H,20,25)(H,22,24). The predicted molar refractivity (Wildman–Crippen MR) is 101 cm³/mol. The van der Waals surface area contributed by atoms with Crippen molar-refractivity contribution in [2.24, 2.45) is 0 Å². The second kappa shape index (κ2) is 7.67. The van der Waals surface area contributed by atoms with E-state index in [1.54, 1.807) is 6.07 Å². The van der Waals surface area contributed by atoms with Crippen LogP contribution in [0.2, 0.25) is 0 Å². The number of fused-ring (bicyclic) bond motifs is 1. The molecule has 27 heavy (non-hydrogen) atoms. The Labute approximate surface area is 157 Å². The summed E-state index contributed by atoms with van der Waals surface area (Å²) in [6.45, 7) is 3.15. The van der Waals surface area contributed by atoms with Gasteiger partial charge in [-0.3, -0.25) is 19.0 Å². The van der Waals surface area contributed by atoms with Gasteiger partial charge in [-0.05, 0) is 31.5 Å². The van der Waals surface area contributed by atoms with Crippen molar-refractivity contribution in [2.75, 3.05) is 11.9 Å². The van der Waals surface area contributed by atoms with E-state index >= 15 is 0 Å². The van der Waals surface area contributed by atoms with E-state index in [-0.39, 0.29) is 24.3 Å². The van der Waals surface area contributed by atoms with E-state index in [9.17, 15) is 18.8 Å². The van der Waals surface area contributed by atoms with Gasteiger partial charge in [0.1, 0.15) is 17.2 Å². The number of aryl methyl sites for hydroxylation is 2. The summed E-state index contributed by atoms with van der Waals surface area (Å²) >= 11 is 1.43. The molecule has 3 aromatic rings. The van der Waals surface area contributed by atoms with Crippen molar-refractivity contribution in [3.8, 4) is 0 Å². The fourth-order valence-corrected chi connectivity index (χ4v) is 3.52. The molecule has 0 unspecified atom stereocenters. The van der Waals surface area contributed by atoms with Crippen LogP contribution in [-0.2, 0) is 16.1 Å². The van der Waals surface area contributed by atoms with Gasteiger partial charge in [0.15, 0.2) is 0 Å². The number of halogens is 1. The second-order valence-electron chi connectivity index (χ2n) is 5.95. The van der Waals surface area contributed by atoms with Crippen molar-refractivity contribution in [2.45, 2.75) is 20.4 Å². The quantitative estimate of drug-likeness (QED) is 0.699. The number of thiophene rings is 1. The molecule has 9 heteroatoms. The van der Waals surface area contributed by atoms with Crippen LogP contribution in [0.3, 0.4) is 0 Å². The third kappa shape index (κ3) is 4.03. The molecule has 0 fully saturated rings. The van der Waals surface area contributed by atoms with Gasteiger partial charge in [0, 0.05) is 4.88 Å². The molecular weight excluding hydrogens is 371 g/mol. The van der Waals surface area contributed by atoms with Crippen LogP contribution in [0.1, 0.15) is 10.4 Å². The lowest BCUT2D eigenvalue weighted by molar-refractivity contribution is -0.124. The van der Waals surface area contributed by atoms with Crippen molar-refractivity contribution in [1.82, 2.24) is 14.9 Å². The van der Waals surface area contributed by atoms with Crippen molar-refractivity contribution >= 4 is 39.1 Å². The van der Waals surface area contributed by atoms with Crippen LogP contribution < -0.4 is 16.2 Å². The highest BCUT2D eigenvalue weighted by Crippen LogP contribution is 2.25. The highest BCUT2D eigenvalue weighted by molar-refractivity contribution is 7.18. The number of carbonyl (C=O) groups is 2. The lowest BCUT2D eigenvalue weighted by Gasteiger charge is -2.09. The molecule has 2 N–H and O–H groups in total. The summed E-state index contributed by atoms with van der Waals surface area (Å²) in [6, 6.07) is 5.73. The third-order valence-corrected chi connectivity index (χ3v) is 5.18. The minimum Gasteiger partial charge on any atom is -0.345 e. The molecule has 0 aliphatic rings. The molecule has 1 aromatic carbocycles. The SMILES string of the molecule is Cc1sc2ncn(CC(=O)NCC(=O)Nc3ccccc3F)c(=O)c2c1C. The number of carbonyl (C=O) groups excluding carboxylic acids is 2. The summed E-state index contributed by atoms with van der Waals surface area (Å²) in [6.07, 6.45) is 1.32. The molecule has 2 aromatic heterocycles. The monoisotopic (exact) mass is 388 g/mol. The zero-order valence-electron chi connectivity index (χ0n) is 14.7. The first-order chi connectivity index (χ1) is 12.9. The van der Waals surface area contributed by atoms with E-state index in [2.05, 4.69) is 15.6 Å². The van der Waals surface area contributed by atoms with Crippen molar-refractivity contribution < 1.29 is 14.0 Å². The number of anilines is 1. The van der Waals surface area contributed by atoms with Crippen molar-refractivity contribution in [1.29, 1.82) is 0 Å². The molecule has 0 atom stereocenters. The van der Waals surface area contributed by atoms with Gasteiger partial charge in [-0.1, -0.05) is 12.1 Å². The molecule has 2 heterocycles. The Balaban J connectivity index is 1.63. The molecular formula is C18H17FN4O3S. The lowest BCUT2D eigenvalue weighted by Crippen LogP contribution is -2.37. The molecule has 0 radical (unpaired) electrons. The number of hydrogen-bond donors (Lipinski definition) is 2. The molecule has 0 aliphatic heterocycles. The highest BCUT2D eigenvalue weighted by Gasteiger charge is 2.14. The number of para-hydroxylation sites is 1. The first kappa shape index (κ1) is 18.7. The Morgan fingerprint density at radius 1 is 1.22 bits per heavy atom. The zero-order valence-corrected chi connectivity index (χ0v) is 15.5. The summed E-state index contributed by atoms with van der Waals surface area (Å²) < 4.78 is 14.7. The zero-order chi connectivity index (χ0) is 19.6. The minimum absolute atomic E-state index is 0.0333. The Kier molecular flexibility index (Phi) is 5.31. The molecule has 0 aliphatic carbocycles. The van der Waals surface area contributed by atoms with Crippen LogP contribution in [0, 0.1) is 19.7 Å². The Hall–Kier alpha value is -3.07. The first-order valence-electron chi connectivity index (χ1n) is 8.13. The number of nitrogens with one attached hydrogen (secondary N) is 2. The summed E-state index contributed by atoms with van der Waals surface area (Å²) in [7, 11) is 0. The third-order valence-electron chi connectivity index (χ3n) is 4.06. The minimum atomic E-state index is -0.571. The molecule has 0 spiro atoms. The Morgan fingerprint density at radius 3 is 2.70 bits per heavy atom. The van der Waals surface area contributed by atoms with Crippen molar-refractivity contribution in [3.63, 3.8) is 0 Å². The number of aromatic nitrogens is 2. The van der Waals surface area contributed by atoms with Gasteiger partial charge in [0.2, 0.25) is 11.8 Å². The molecule has 0 bridgehead atoms. The number of amides is 2. The first-order valence-corrected chi connectivity index (χ1v) is 8.94. The highest BCUT2D eigenvalue weighted by atomic mass is 32.1. The maximum absolute atomic E-state index is 13.5. The smallest absolute Gasteiger partial charge is 0.262 e. The fourth-order valence-electron chi connectivity index (χ4n) is 2.53. The maximum atomic E-state index is 13.5. The van der Waals surface area contributed by atoms with Crippen LogP contribution in [-0.4, -0.2) is 27.9 Å². The predicted octanol–water partition coefficient (Wildman–Crippen LogP) is 1.97. The van der Waals surface area contributed by atoms with Gasteiger partial charge in [0.05, 0.1) is 23.9 Å². The molecule has 3 rings (SSSR count). The van der Waals surface area contributed by atoms with E-state index in [1.165, 1.54) is 40.4 Å². The number of nitrogens with zero attached hydrogens (tertiary/aromatic N) is 2. The number of rotatable bonds is 5. The van der Waals surface area contributed by atoms with E-state index in [1.807, 2.05) is 13.8 Å². The Bertz CT molecular complexity index is 1090. The maximum Gasteiger partial charge on any atom is 0.262 e. The summed E-state index contributed by atoms with van der Waals surface area (Å²) in [5.41, 5.74) is 0.588. The molecule has 2 amide bonds. The van der Waals surface area contributed by atoms with Gasteiger partial charge >= 0.3 is 0 Å². The number of hydrogen-bond acceptors (Lipinski definition) is 5. The molecule has 140 valence electrons. The van der Waals surface area contributed by atoms with Crippen LogP contribution in [0.4, 0.5) is 10.1 Å². The van der Waals surface area contributed by atoms with E-state index in [0.29, 0.717) is 10.2 Å². The lowest BCUT2D eigenvalue weighted by atomic mass is 10.2.